The fourth-order valence-corrected chi connectivity index (χ4v) is 2.52. The number of rotatable bonds is 7. The molecular formula is C17H16BrN3O6. The predicted octanol–water partition coefficient (Wildman–Crippen LogP) is 3.23. The molecule has 0 heterocycles. The number of non-ortho nitro benzene ring substituents is 1. The second-order valence-electron chi connectivity index (χ2n) is 5.12. The number of nitrogens with zero attached hydrogens (tertiary/aromatic N) is 2. The Hall–Kier alpha value is -3.14. The number of ether oxygens (including phenoxy) is 2. The number of nitro groups is 1. The first-order valence-corrected chi connectivity index (χ1v) is 8.47. The van der Waals surface area contributed by atoms with E-state index in [2.05, 4.69) is 26.5 Å². The number of nitro benzene ring substituents is 1. The summed E-state index contributed by atoms with van der Waals surface area (Å²) in [6.07, 6.45) is 1.08. The van der Waals surface area contributed by atoms with E-state index in [4.69, 9.17) is 9.47 Å². The molecule has 0 aromatic heterocycles. The SMILES string of the molecule is CCOc1ccc(Br)cc1C(=O)N/N=C\c1cc([N+](=O)[O-])cc(OC)c1O. The molecular weight excluding hydrogens is 422 g/mol. The molecule has 0 unspecified atom stereocenters. The third-order valence-corrected chi connectivity index (χ3v) is 3.87. The van der Waals surface area contributed by atoms with Gasteiger partial charge in [0.1, 0.15) is 5.75 Å². The molecule has 0 aliphatic rings. The van der Waals surface area contributed by atoms with E-state index in [9.17, 15) is 20.0 Å². The van der Waals surface area contributed by atoms with Gasteiger partial charge in [0.25, 0.3) is 11.6 Å². The third kappa shape index (κ3) is 4.94. The first-order valence-electron chi connectivity index (χ1n) is 7.68. The minimum atomic E-state index is -0.631. The fourth-order valence-electron chi connectivity index (χ4n) is 2.16. The molecule has 0 aliphatic carbocycles. The number of nitrogens with one attached hydrogen (secondary N) is 1. The van der Waals surface area contributed by atoms with Gasteiger partial charge in [0.05, 0.1) is 36.5 Å². The molecule has 2 aromatic carbocycles. The zero-order valence-corrected chi connectivity index (χ0v) is 16.0. The summed E-state index contributed by atoms with van der Waals surface area (Å²) in [7, 11) is 1.27. The summed E-state index contributed by atoms with van der Waals surface area (Å²) in [5.74, 6) is -0.581. The zero-order valence-electron chi connectivity index (χ0n) is 14.4. The number of aromatic hydroxyl groups is 1. The molecule has 9 nitrogen and oxygen atoms in total. The largest absolute Gasteiger partial charge is 0.504 e. The van der Waals surface area contributed by atoms with Gasteiger partial charge < -0.3 is 14.6 Å². The smallest absolute Gasteiger partial charge is 0.275 e. The highest BCUT2D eigenvalue weighted by atomic mass is 79.9. The van der Waals surface area contributed by atoms with Gasteiger partial charge in [-0.05, 0) is 25.1 Å². The van der Waals surface area contributed by atoms with E-state index in [1.54, 1.807) is 25.1 Å². The minimum absolute atomic E-state index is 0.0145. The molecule has 1 amide bonds. The number of carbonyl (C=O) groups excluding carboxylic acids is 1. The fraction of sp³-hybridized carbons (Fsp3) is 0.176. The molecule has 0 fully saturated rings. The number of phenolic OH excluding ortho intramolecular Hbond substituents is 1. The highest BCUT2D eigenvalue weighted by molar-refractivity contribution is 9.10. The second kappa shape index (κ2) is 8.99. The summed E-state index contributed by atoms with van der Waals surface area (Å²) >= 11 is 3.28. The van der Waals surface area contributed by atoms with Crippen molar-refractivity contribution >= 4 is 33.7 Å². The van der Waals surface area contributed by atoms with Gasteiger partial charge in [-0.1, -0.05) is 15.9 Å². The van der Waals surface area contributed by atoms with Gasteiger partial charge in [-0.3, -0.25) is 14.9 Å². The molecule has 0 saturated heterocycles. The Labute approximate surface area is 162 Å². The number of phenols is 1. The summed E-state index contributed by atoms with van der Waals surface area (Å²) in [5, 5.41) is 24.8. The van der Waals surface area contributed by atoms with E-state index in [0.717, 1.165) is 18.3 Å². The highest BCUT2D eigenvalue weighted by Crippen LogP contribution is 2.33. The van der Waals surface area contributed by atoms with Crippen LogP contribution in [-0.4, -0.2) is 35.9 Å². The monoisotopic (exact) mass is 437 g/mol. The van der Waals surface area contributed by atoms with Crippen LogP contribution in [0.2, 0.25) is 0 Å². The van der Waals surface area contributed by atoms with Crippen LogP contribution in [-0.2, 0) is 0 Å². The average Bonchev–Trinajstić information content (AvgIpc) is 2.64. The van der Waals surface area contributed by atoms with Gasteiger partial charge in [-0.25, -0.2) is 5.43 Å². The van der Waals surface area contributed by atoms with Crippen LogP contribution in [0.4, 0.5) is 5.69 Å². The van der Waals surface area contributed by atoms with Crippen molar-refractivity contribution in [1.82, 2.24) is 5.43 Å². The number of benzene rings is 2. The average molecular weight is 438 g/mol. The van der Waals surface area contributed by atoms with Crippen molar-refractivity contribution in [3.05, 3.63) is 56.0 Å². The van der Waals surface area contributed by atoms with E-state index in [1.807, 2.05) is 0 Å². The van der Waals surface area contributed by atoms with Crippen molar-refractivity contribution in [3.63, 3.8) is 0 Å². The molecule has 10 heteroatoms. The number of halogens is 1. The quantitative estimate of drug-likeness (QED) is 0.389. The Morgan fingerprint density at radius 1 is 1.37 bits per heavy atom. The topological polar surface area (TPSA) is 123 Å². The van der Waals surface area contributed by atoms with Crippen LogP contribution in [0.25, 0.3) is 0 Å². The number of methoxy groups -OCH3 is 1. The van der Waals surface area contributed by atoms with E-state index in [0.29, 0.717) is 16.8 Å². The lowest BCUT2D eigenvalue weighted by Gasteiger charge is -2.09. The van der Waals surface area contributed by atoms with Crippen molar-refractivity contribution in [1.29, 1.82) is 0 Å². The molecule has 27 heavy (non-hydrogen) atoms. The van der Waals surface area contributed by atoms with Crippen LogP contribution < -0.4 is 14.9 Å². The predicted molar refractivity (Wildman–Crippen MR) is 102 cm³/mol. The van der Waals surface area contributed by atoms with Crippen LogP contribution in [0.3, 0.4) is 0 Å². The molecule has 142 valence electrons. The third-order valence-electron chi connectivity index (χ3n) is 3.38. The van der Waals surface area contributed by atoms with Crippen LogP contribution in [0.1, 0.15) is 22.8 Å². The normalized spacial score (nSPS) is 10.6. The first-order chi connectivity index (χ1) is 12.9. The van der Waals surface area contributed by atoms with Crippen LogP contribution >= 0.6 is 15.9 Å². The maximum absolute atomic E-state index is 12.3. The van der Waals surface area contributed by atoms with Gasteiger partial charge in [-0.15, -0.1) is 0 Å². The van der Waals surface area contributed by atoms with E-state index < -0.39 is 10.8 Å². The first kappa shape index (κ1) is 20.2. The Kier molecular flexibility index (Phi) is 6.72. The van der Waals surface area contributed by atoms with Gasteiger partial charge in [0.15, 0.2) is 11.5 Å². The van der Waals surface area contributed by atoms with E-state index >= 15 is 0 Å². The number of amides is 1. The number of hydrazone groups is 1. The molecule has 0 saturated carbocycles. The summed E-state index contributed by atoms with van der Waals surface area (Å²) in [4.78, 5) is 22.7. The Balaban J connectivity index is 2.25. The lowest BCUT2D eigenvalue weighted by Crippen LogP contribution is -2.19. The lowest BCUT2D eigenvalue weighted by atomic mass is 10.1. The van der Waals surface area contributed by atoms with Gasteiger partial charge in [0, 0.05) is 16.1 Å². The van der Waals surface area contributed by atoms with Gasteiger partial charge in [0.2, 0.25) is 0 Å². The summed E-state index contributed by atoms with van der Waals surface area (Å²) in [5.41, 5.74) is 2.27. The molecule has 2 aromatic rings. The van der Waals surface area contributed by atoms with Crippen LogP contribution in [0.15, 0.2) is 39.9 Å². The molecule has 0 aliphatic heterocycles. The van der Waals surface area contributed by atoms with Crippen molar-refractivity contribution in [3.8, 4) is 17.2 Å². The molecule has 2 rings (SSSR count). The Bertz CT molecular complexity index is 900. The number of hydrogen-bond acceptors (Lipinski definition) is 7. The molecule has 0 spiro atoms. The van der Waals surface area contributed by atoms with Crippen molar-refractivity contribution in [2.45, 2.75) is 6.92 Å². The number of carbonyl (C=O) groups is 1. The standard InChI is InChI=1S/C17H16BrN3O6/c1-3-27-14-5-4-11(18)7-13(14)17(23)20-19-9-10-6-12(21(24)25)8-15(26-2)16(10)22/h4-9,22H,3H2,1-2H3,(H,20,23)/b19-9-. The van der Waals surface area contributed by atoms with Crippen LogP contribution in [0, 0.1) is 10.1 Å². The zero-order chi connectivity index (χ0) is 20.0. The van der Waals surface area contributed by atoms with Crippen molar-refractivity contribution in [2.24, 2.45) is 5.10 Å². The number of hydrogen-bond donors (Lipinski definition) is 2. The van der Waals surface area contributed by atoms with E-state index in [-0.39, 0.29) is 28.3 Å². The molecule has 2 N–H and O–H groups in total. The van der Waals surface area contributed by atoms with Gasteiger partial charge >= 0.3 is 0 Å². The lowest BCUT2D eigenvalue weighted by molar-refractivity contribution is -0.385. The summed E-state index contributed by atoms with van der Waals surface area (Å²) in [6.45, 7) is 2.17. The Morgan fingerprint density at radius 3 is 2.74 bits per heavy atom. The maximum Gasteiger partial charge on any atom is 0.275 e. The highest BCUT2D eigenvalue weighted by Gasteiger charge is 2.16. The molecule has 0 bridgehead atoms. The van der Waals surface area contributed by atoms with E-state index in [1.165, 1.54) is 7.11 Å². The maximum atomic E-state index is 12.3. The second-order valence-corrected chi connectivity index (χ2v) is 6.03. The van der Waals surface area contributed by atoms with Crippen molar-refractivity contribution < 1.29 is 24.3 Å². The summed E-state index contributed by atoms with van der Waals surface area (Å²) < 4.78 is 11.0. The molecule has 0 atom stereocenters. The minimum Gasteiger partial charge on any atom is -0.504 e. The van der Waals surface area contributed by atoms with Gasteiger partial charge in [-0.2, -0.15) is 5.10 Å². The summed E-state index contributed by atoms with van der Waals surface area (Å²) in [6, 6.07) is 7.14. The Morgan fingerprint density at radius 2 is 2.11 bits per heavy atom. The van der Waals surface area contributed by atoms with Crippen molar-refractivity contribution in [2.75, 3.05) is 13.7 Å². The molecule has 0 radical (unpaired) electrons. The van der Waals surface area contributed by atoms with Crippen LogP contribution in [0.5, 0.6) is 17.2 Å².